The molecule has 2 rings (SSSR count). The van der Waals surface area contributed by atoms with Gasteiger partial charge in [-0.2, -0.15) is 0 Å². The molecule has 2 aromatic carbocycles. The number of anilines is 1. The third-order valence-electron chi connectivity index (χ3n) is 3.31. The standard InChI is InChI=1S/C17H16F2INO2S/c1-10-6-7-15(11(8-10)16(18)19)23-9-12-13(20)4-3-5-14(12)21-17(24)22-2/h3-8,16H,9H2,1-2H3,(H,21,24). The first-order valence-electron chi connectivity index (χ1n) is 7.06. The van der Waals surface area contributed by atoms with Gasteiger partial charge in [-0.25, -0.2) is 8.78 Å². The highest BCUT2D eigenvalue weighted by Crippen LogP contribution is 2.31. The first-order chi connectivity index (χ1) is 11.4. The Morgan fingerprint density at radius 3 is 2.71 bits per heavy atom. The Bertz CT molecular complexity index is 741. The monoisotopic (exact) mass is 463 g/mol. The molecule has 1 N–H and O–H groups in total. The van der Waals surface area contributed by atoms with Crippen molar-refractivity contribution in [1.29, 1.82) is 0 Å². The fourth-order valence-electron chi connectivity index (χ4n) is 2.10. The maximum Gasteiger partial charge on any atom is 0.267 e. The molecule has 0 aliphatic rings. The van der Waals surface area contributed by atoms with Crippen LogP contribution in [0.5, 0.6) is 5.75 Å². The van der Waals surface area contributed by atoms with Gasteiger partial charge in [-0.05, 0) is 66.0 Å². The van der Waals surface area contributed by atoms with Gasteiger partial charge in [0.2, 0.25) is 0 Å². The van der Waals surface area contributed by atoms with E-state index in [2.05, 4.69) is 27.9 Å². The summed E-state index contributed by atoms with van der Waals surface area (Å²) in [5.74, 6) is 0.176. The zero-order chi connectivity index (χ0) is 17.7. The number of methoxy groups -OCH3 is 1. The highest BCUT2D eigenvalue weighted by Gasteiger charge is 2.16. The second kappa shape index (κ2) is 8.57. The van der Waals surface area contributed by atoms with E-state index >= 15 is 0 Å². The van der Waals surface area contributed by atoms with Crippen LogP contribution in [0.4, 0.5) is 14.5 Å². The average Bonchev–Trinajstić information content (AvgIpc) is 2.55. The van der Waals surface area contributed by atoms with Crippen LogP contribution in [0.1, 0.15) is 23.1 Å². The molecule has 0 aliphatic carbocycles. The van der Waals surface area contributed by atoms with Crippen molar-refractivity contribution in [2.24, 2.45) is 0 Å². The van der Waals surface area contributed by atoms with Gasteiger partial charge in [0, 0.05) is 14.8 Å². The number of hydrogen-bond donors (Lipinski definition) is 1. The highest BCUT2D eigenvalue weighted by atomic mass is 127. The minimum absolute atomic E-state index is 0.108. The Morgan fingerprint density at radius 1 is 1.29 bits per heavy atom. The number of rotatable bonds is 5. The largest absolute Gasteiger partial charge is 0.488 e. The molecule has 2 aromatic rings. The molecule has 3 nitrogen and oxygen atoms in total. The molecular weight excluding hydrogens is 447 g/mol. The Kier molecular flexibility index (Phi) is 6.73. The number of nitrogens with one attached hydrogen (secondary N) is 1. The first-order valence-corrected chi connectivity index (χ1v) is 8.55. The third-order valence-corrected chi connectivity index (χ3v) is 4.59. The molecule has 7 heteroatoms. The van der Waals surface area contributed by atoms with E-state index < -0.39 is 6.43 Å². The van der Waals surface area contributed by atoms with Crippen LogP contribution in [0.2, 0.25) is 0 Å². The molecule has 0 radical (unpaired) electrons. The fourth-order valence-corrected chi connectivity index (χ4v) is 2.87. The van der Waals surface area contributed by atoms with E-state index in [0.717, 1.165) is 20.4 Å². The number of alkyl halides is 2. The zero-order valence-electron chi connectivity index (χ0n) is 13.1. The summed E-state index contributed by atoms with van der Waals surface area (Å²) in [6, 6.07) is 10.4. The Balaban J connectivity index is 2.25. The summed E-state index contributed by atoms with van der Waals surface area (Å²) >= 11 is 7.17. The summed E-state index contributed by atoms with van der Waals surface area (Å²) in [6.45, 7) is 1.90. The second-order valence-corrected chi connectivity index (χ2v) is 6.55. The van der Waals surface area contributed by atoms with E-state index in [4.69, 9.17) is 21.7 Å². The Hall–Kier alpha value is -1.48. The molecule has 24 heavy (non-hydrogen) atoms. The topological polar surface area (TPSA) is 30.5 Å². The molecule has 0 bridgehead atoms. The molecule has 0 heterocycles. The average molecular weight is 463 g/mol. The highest BCUT2D eigenvalue weighted by molar-refractivity contribution is 14.1. The van der Waals surface area contributed by atoms with E-state index in [1.807, 2.05) is 18.2 Å². The SMILES string of the molecule is COC(=S)Nc1cccc(I)c1COc1ccc(C)cc1C(F)F. The van der Waals surface area contributed by atoms with E-state index in [1.165, 1.54) is 13.2 Å². The van der Waals surface area contributed by atoms with Crippen molar-refractivity contribution in [1.82, 2.24) is 0 Å². The molecular formula is C17H16F2INO2S. The van der Waals surface area contributed by atoms with Gasteiger partial charge in [0.25, 0.3) is 11.6 Å². The number of halogens is 3. The summed E-state index contributed by atoms with van der Waals surface area (Å²) in [4.78, 5) is 0. The summed E-state index contributed by atoms with van der Waals surface area (Å²) in [5.41, 5.74) is 2.19. The summed E-state index contributed by atoms with van der Waals surface area (Å²) in [5, 5.41) is 3.18. The predicted molar refractivity (Wildman–Crippen MR) is 103 cm³/mol. The van der Waals surface area contributed by atoms with Crippen LogP contribution in [0.3, 0.4) is 0 Å². The molecule has 0 saturated carbocycles. The van der Waals surface area contributed by atoms with Crippen LogP contribution in [0.15, 0.2) is 36.4 Å². The molecule has 128 valence electrons. The smallest absolute Gasteiger partial charge is 0.267 e. The van der Waals surface area contributed by atoms with Crippen LogP contribution >= 0.6 is 34.8 Å². The lowest BCUT2D eigenvalue weighted by Crippen LogP contribution is -2.14. The first kappa shape index (κ1) is 18.9. The number of aryl methyl sites for hydroxylation is 1. The van der Waals surface area contributed by atoms with Crippen molar-refractivity contribution >= 4 is 45.7 Å². The van der Waals surface area contributed by atoms with Crippen molar-refractivity contribution < 1.29 is 18.3 Å². The van der Waals surface area contributed by atoms with Gasteiger partial charge in [-0.1, -0.05) is 17.7 Å². The maximum absolute atomic E-state index is 13.2. The van der Waals surface area contributed by atoms with Crippen LogP contribution in [0.25, 0.3) is 0 Å². The van der Waals surface area contributed by atoms with Crippen molar-refractivity contribution in [3.63, 3.8) is 0 Å². The molecule has 0 unspecified atom stereocenters. The van der Waals surface area contributed by atoms with Crippen LogP contribution in [-0.4, -0.2) is 12.3 Å². The van der Waals surface area contributed by atoms with Crippen LogP contribution in [-0.2, 0) is 11.3 Å². The molecule has 0 spiro atoms. The van der Waals surface area contributed by atoms with Crippen molar-refractivity contribution in [3.05, 3.63) is 56.7 Å². The number of hydrogen-bond acceptors (Lipinski definition) is 3. The summed E-state index contributed by atoms with van der Waals surface area (Å²) in [6.07, 6.45) is -2.59. The van der Waals surface area contributed by atoms with Gasteiger partial charge in [-0.3, -0.25) is 0 Å². The summed E-state index contributed by atoms with van der Waals surface area (Å²) in [7, 11) is 1.47. The molecule has 0 aromatic heterocycles. The van der Waals surface area contributed by atoms with E-state index in [0.29, 0.717) is 0 Å². The Morgan fingerprint density at radius 2 is 2.04 bits per heavy atom. The van der Waals surface area contributed by atoms with Crippen LogP contribution < -0.4 is 10.1 Å². The van der Waals surface area contributed by atoms with Crippen molar-refractivity contribution in [3.8, 4) is 5.75 Å². The molecule has 0 atom stereocenters. The molecule has 0 saturated heterocycles. The van der Waals surface area contributed by atoms with Gasteiger partial charge >= 0.3 is 0 Å². The van der Waals surface area contributed by atoms with Crippen molar-refractivity contribution in [2.45, 2.75) is 20.0 Å². The lowest BCUT2D eigenvalue weighted by molar-refractivity contribution is 0.144. The van der Waals surface area contributed by atoms with Gasteiger partial charge in [-0.15, -0.1) is 0 Å². The fraction of sp³-hybridized carbons (Fsp3) is 0.235. The minimum atomic E-state index is -2.59. The summed E-state index contributed by atoms with van der Waals surface area (Å²) < 4.78 is 37.9. The van der Waals surface area contributed by atoms with E-state index in [-0.39, 0.29) is 23.1 Å². The van der Waals surface area contributed by atoms with Gasteiger partial charge < -0.3 is 14.8 Å². The third kappa shape index (κ3) is 4.76. The molecule has 0 amide bonds. The maximum atomic E-state index is 13.2. The van der Waals surface area contributed by atoms with Gasteiger partial charge in [0.1, 0.15) is 12.4 Å². The zero-order valence-corrected chi connectivity index (χ0v) is 16.1. The normalized spacial score (nSPS) is 10.6. The quantitative estimate of drug-likeness (QED) is 0.472. The van der Waals surface area contributed by atoms with Crippen LogP contribution in [0, 0.1) is 10.5 Å². The van der Waals surface area contributed by atoms with Gasteiger partial charge in [0.05, 0.1) is 12.7 Å². The minimum Gasteiger partial charge on any atom is -0.488 e. The van der Waals surface area contributed by atoms with Crippen molar-refractivity contribution in [2.75, 3.05) is 12.4 Å². The van der Waals surface area contributed by atoms with E-state index in [1.54, 1.807) is 19.1 Å². The molecule has 0 aliphatic heterocycles. The number of thiocarbonyl (C=S) groups is 1. The number of ether oxygens (including phenoxy) is 2. The lowest BCUT2D eigenvalue weighted by Gasteiger charge is -2.16. The second-order valence-electron chi connectivity index (χ2n) is 5.01. The lowest BCUT2D eigenvalue weighted by atomic mass is 10.1. The Labute approximate surface area is 158 Å². The van der Waals surface area contributed by atoms with E-state index in [9.17, 15) is 8.78 Å². The number of benzene rings is 2. The molecule has 0 fully saturated rings. The van der Waals surface area contributed by atoms with Gasteiger partial charge in [0.15, 0.2) is 0 Å². The predicted octanol–water partition coefficient (Wildman–Crippen LogP) is 5.46.